The molecule has 0 saturated carbocycles. The molecule has 0 aliphatic rings. The van der Waals surface area contributed by atoms with Gasteiger partial charge in [0.05, 0.1) is 27.9 Å². The topological polar surface area (TPSA) is 52.3 Å². The minimum absolute atomic E-state index is 0.252. The lowest BCUT2D eigenvalue weighted by Crippen LogP contribution is -2.12. The Labute approximate surface area is 111 Å². The van der Waals surface area contributed by atoms with Gasteiger partial charge in [0.1, 0.15) is 0 Å². The highest BCUT2D eigenvalue weighted by Crippen LogP contribution is 2.29. The molecule has 3 nitrogen and oxygen atoms in total. The lowest BCUT2D eigenvalue weighted by molar-refractivity contribution is 0.0447. The van der Waals surface area contributed by atoms with Gasteiger partial charge in [-0.25, -0.2) is 4.79 Å². The first-order valence-corrected chi connectivity index (χ1v) is 6.13. The predicted molar refractivity (Wildman–Crippen MR) is 70.6 cm³/mol. The Morgan fingerprint density at radius 1 is 1.47 bits per heavy atom. The highest BCUT2D eigenvalue weighted by molar-refractivity contribution is 6.43. The fraction of sp³-hybridized carbons (Fsp3) is 0.417. The standard InChI is InChI=1S/C12H15Cl2NO2/c1-3-7(2)6-17-12(16)8-4-9(13)11(14)10(15)5-8/h4-5,7H,3,6,15H2,1-2H3. The van der Waals surface area contributed by atoms with Crippen molar-refractivity contribution in [1.29, 1.82) is 0 Å². The Balaban J connectivity index is 2.76. The van der Waals surface area contributed by atoms with Gasteiger partial charge in [-0.05, 0) is 18.1 Å². The Kier molecular flexibility index (Phi) is 5.09. The lowest BCUT2D eigenvalue weighted by atomic mass is 10.1. The van der Waals surface area contributed by atoms with Gasteiger partial charge >= 0.3 is 5.97 Å². The number of ether oxygens (including phenoxy) is 1. The third-order valence-corrected chi connectivity index (χ3v) is 3.30. The minimum Gasteiger partial charge on any atom is -0.462 e. The van der Waals surface area contributed by atoms with Crippen LogP contribution in [0.3, 0.4) is 0 Å². The number of carbonyl (C=O) groups is 1. The number of halogens is 2. The molecule has 2 N–H and O–H groups in total. The van der Waals surface area contributed by atoms with Crippen molar-refractivity contribution >= 4 is 34.9 Å². The van der Waals surface area contributed by atoms with Gasteiger partial charge in [0, 0.05) is 0 Å². The van der Waals surface area contributed by atoms with Gasteiger partial charge < -0.3 is 10.5 Å². The zero-order chi connectivity index (χ0) is 13.0. The molecule has 0 heterocycles. The molecule has 1 aromatic carbocycles. The molecule has 1 rings (SSSR count). The lowest BCUT2D eigenvalue weighted by Gasteiger charge is -2.10. The summed E-state index contributed by atoms with van der Waals surface area (Å²) in [5, 5.41) is 0.507. The van der Waals surface area contributed by atoms with E-state index in [1.165, 1.54) is 12.1 Å². The van der Waals surface area contributed by atoms with Gasteiger partial charge in [-0.15, -0.1) is 0 Å². The summed E-state index contributed by atoms with van der Waals surface area (Å²) in [6.45, 7) is 4.43. The second-order valence-corrected chi connectivity index (χ2v) is 4.76. The molecule has 0 amide bonds. The third kappa shape index (κ3) is 3.79. The molecule has 1 atom stereocenters. The number of rotatable bonds is 4. The number of hydrogen-bond donors (Lipinski definition) is 1. The van der Waals surface area contributed by atoms with E-state index in [0.29, 0.717) is 18.1 Å². The average molecular weight is 276 g/mol. The van der Waals surface area contributed by atoms with Crippen LogP contribution in [0.15, 0.2) is 12.1 Å². The third-order valence-electron chi connectivity index (χ3n) is 2.49. The summed E-state index contributed by atoms with van der Waals surface area (Å²) in [5.41, 5.74) is 6.21. The minimum atomic E-state index is -0.435. The van der Waals surface area contributed by atoms with E-state index in [4.69, 9.17) is 33.7 Å². The monoisotopic (exact) mass is 275 g/mol. The maximum atomic E-state index is 11.7. The van der Waals surface area contributed by atoms with Crippen molar-refractivity contribution in [2.45, 2.75) is 20.3 Å². The van der Waals surface area contributed by atoms with Crippen molar-refractivity contribution in [2.75, 3.05) is 12.3 Å². The van der Waals surface area contributed by atoms with Gasteiger partial charge in [0.15, 0.2) is 0 Å². The van der Waals surface area contributed by atoms with E-state index in [1.807, 2.05) is 13.8 Å². The second-order valence-electron chi connectivity index (χ2n) is 3.97. The summed E-state index contributed by atoms with van der Waals surface area (Å²) in [7, 11) is 0. The Bertz CT molecular complexity index is 398. The average Bonchev–Trinajstić information content (AvgIpc) is 2.31. The number of nitrogen functional groups attached to an aromatic ring is 1. The zero-order valence-corrected chi connectivity index (χ0v) is 11.3. The summed E-state index contributed by atoms with van der Waals surface area (Å²) in [6, 6.07) is 2.92. The van der Waals surface area contributed by atoms with E-state index in [2.05, 4.69) is 0 Å². The van der Waals surface area contributed by atoms with E-state index in [-0.39, 0.29) is 15.7 Å². The smallest absolute Gasteiger partial charge is 0.338 e. The SMILES string of the molecule is CCC(C)COC(=O)c1cc(N)c(Cl)c(Cl)c1. The molecule has 1 unspecified atom stereocenters. The second kappa shape index (κ2) is 6.12. The van der Waals surface area contributed by atoms with Crippen LogP contribution in [0.2, 0.25) is 10.0 Å². The number of benzene rings is 1. The highest BCUT2D eigenvalue weighted by atomic mass is 35.5. The molecular formula is C12H15Cl2NO2. The molecule has 0 aromatic heterocycles. The van der Waals surface area contributed by atoms with E-state index in [9.17, 15) is 4.79 Å². The van der Waals surface area contributed by atoms with Gasteiger partial charge in [0.25, 0.3) is 0 Å². The normalized spacial score (nSPS) is 12.2. The Hall–Kier alpha value is -0.930. The van der Waals surface area contributed by atoms with Crippen LogP contribution in [0.1, 0.15) is 30.6 Å². The highest BCUT2D eigenvalue weighted by Gasteiger charge is 2.13. The number of nitrogens with two attached hydrogens (primary N) is 1. The summed E-state index contributed by atoms with van der Waals surface area (Å²) >= 11 is 11.6. The van der Waals surface area contributed by atoms with Crippen molar-refractivity contribution in [3.8, 4) is 0 Å². The van der Waals surface area contributed by atoms with Crippen molar-refractivity contribution in [2.24, 2.45) is 5.92 Å². The molecule has 0 aliphatic carbocycles. The van der Waals surface area contributed by atoms with Gasteiger partial charge in [-0.3, -0.25) is 0 Å². The van der Waals surface area contributed by atoms with Crippen LogP contribution >= 0.6 is 23.2 Å². The van der Waals surface area contributed by atoms with Gasteiger partial charge in [-0.2, -0.15) is 0 Å². The van der Waals surface area contributed by atoms with Crippen LogP contribution in [-0.2, 0) is 4.74 Å². The summed E-state index contributed by atoms with van der Waals surface area (Å²) in [5.74, 6) is -0.102. The zero-order valence-electron chi connectivity index (χ0n) is 9.80. The maximum Gasteiger partial charge on any atom is 0.338 e. The van der Waals surface area contributed by atoms with Crippen molar-refractivity contribution in [3.05, 3.63) is 27.7 Å². The van der Waals surface area contributed by atoms with E-state index >= 15 is 0 Å². The summed E-state index contributed by atoms with van der Waals surface area (Å²) in [6.07, 6.45) is 0.955. The summed E-state index contributed by atoms with van der Waals surface area (Å²) in [4.78, 5) is 11.7. The van der Waals surface area contributed by atoms with Crippen molar-refractivity contribution < 1.29 is 9.53 Å². The molecule has 0 fully saturated rings. The molecule has 0 spiro atoms. The quantitative estimate of drug-likeness (QED) is 0.672. The Morgan fingerprint density at radius 2 is 2.12 bits per heavy atom. The van der Waals surface area contributed by atoms with Crippen LogP contribution in [0, 0.1) is 5.92 Å². The van der Waals surface area contributed by atoms with Crippen LogP contribution < -0.4 is 5.73 Å². The molecule has 5 heteroatoms. The molecule has 17 heavy (non-hydrogen) atoms. The van der Waals surface area contributed by atoms with Crippen molar-refractivity contribution in [1.82, 2.24) is 0 Å². The molecule has 0 radical (unpaired) electrons. The molecule has 0 aliphatic heterocycles. The molecule has 0 bridgehead atoms. The fourth-order valence-corrected chi connectivity index (χ4v) is 1.48. The molecular weight excluding hydrogens is 261 g/mol. The molecule has 1 aromatic rings. The molecule has 94 valence electrons. The molecule has 0 saturated heterocycles. The number of anilines is 1. The van der Waals surface area contributed by atoms with Gasteiger partial charge in [-0.1, -0.05) is 43.5 Å². The van der Waals surface area contributed by atoms with Crippen LogP contribution in [0.5, 0.6) is 0 Å². The number of carbonyl (C=O) groups excluding carboxylic acids is 1. The van der Waals surface area contributed by atoms with Crippen molar-refractivity contribution in [3.63, 3.8) is 0 Å². The summed E-state index contributed by atoms with van der Waals surface area (Å²) < 4.78 is 5.13. The predicted octanol–water partition coefficient (Wildman–Crippen LogP) is 3.78. The Morgan fingerprint density at radius 3 is 2.65 bits per heavy atom. The van der Waals surface area contributed by atoms with E-state index in [0.717, 1.165) is 6.42 Å². The van der Waals surface area contributed by atoms with Crippen LogP contribution in [0.4, 0.5) is 5.69 Å². The van der Waals surface area contributed by atoms with E-state index < -0.39 is 5.97 Å². The number of esters is 1. The maximum absolute atomic E-state index is 11.7. The van der Waals surface area contributed by atoms with Crippen LogP contribution in [0.25, 0.3) is 0 Å². The number of hydrogen-bond acceptors (Lipinski definition) is 3. The fourth-order valence-electron chi connectivity index (χ4n) is 1.15. The first kappa shape index (κ1) is 14.1. The van der Waals surface area contributed by atoms with Gasteiger partial charge in [0.2, 0.25) is 0 Å². The largest absolute Gasteiger partial charge is 0.462 e. The first-order valence-electron chi connectivity index (χ1n) is 5.37. The van der Waals surface area contributed by atoms with E-state index in [1.54, 1.807) is 0 Å². The van der Waals surface area contributed by atoms with Crippen LogP contribution in [-0.4, -0.2) is 12.6 Å². The first-order chi connectivity index (χ1) is 7.95.